The molecule has 1 aromatic heterocycles. The lowest BCUT2D eigenvalue weighted by atomic mass is 10.2. The number of carbonyl (C=O) groups is 1. The van der Waals surface area contributed by atoms with Crippen LogP contribution in [0.2, 0.25) is 5.02 Å². The molecule has 1 amide bonds. The van der Waals surface area contributed by atoms with E-state index in [1.807, 2.05) is 0 Å². The minimum Gasteiger partial charge on any atom is -0.325 e. The molecule has 1 heterocycles. The van der Waals surface area contributed by atoms with Crippen molar-refractivity contribution in [1.29, 1.82) is 0 Å². The summed E-state index contributed by atoms with van der Waals surface area (Å²) in [6, 6.07) is 10.2. The highest BCUT2D eigenvalue weighted by Gasteiger charge is 2.09. The highest BCUT2D eigenvalue weighted by Crippen LogP contribution is 2.16. The number of thioether (sulfide) groups is 1. The monoisotopic (exact) mass is 422 g/mol. The summed E-state index contributed by atoms with van der Waals surface area (Å²) in [6.07, 6.45) is 1.58. The minimum atomic E-state index is -1.03. The zero-order valence-corrected chi connectivity index (χ0v) is 15.7. The summed E-state index contributed by atoms with van der Waals surface area (Å²) < 4.78 is 26.0. The predicted molar refractivity (Wildman–Crippen MR) is 105 cm³/mol. The van der Waals surface area contributed by atoms with Crippen LogP contribution in [0.4, 0.5) is 20.4 Å². The number of aromatic amines is 1. The molecule has 2 aromatic carbocycles. The van der Waals surface area contributed by atoms with Crippen molar-refractivity contribution in [3.63, 3.8) is 0 Å². The van der Waals surface area contributed by atoms with Gasteiger partial charge in [0.05, 0.1) is 12.0 Å². The Morgan fingerprint density at radius 1 is 1.21 bits per heavy atom. The van der Waals surface area contributed by atoms with Gasteiger partial charge in [-0.15, -0.1) is 5.10 Å². The molecule has 0 aliphatic carbocycles. The summed E-state index contributed by atoms with van der Waals surface area (Å²) in [6.45, 7) is 0. The van der Waals surface area contributed by atoms with Crippen molar-refractivity contribution < 1.29 is 13.6 Å². The zero-order chi connectivity index (χ0) is 19.9. The fourth-order valence-electron chi connectivity index (χ4n) is 1.98. The fourth-order valence-corrected chi connectivity index (χ4v) is 2.70. The lowest BCUT2D eigenvalue weighted by Gasteiger charge is -2.04. The third kappa shape index (κ3) is 5.76. The highest BCUT2D eigenvalue weighted by molar-refractivity contribution is 7.99. The van der Waals surface area contributed by atoms with Crippen LogP contribution in [0.3, 0.4) is 0 Å². The first kappa shape index (κ1) is 19.8. The first-order chi connectivity index (χ1) is 13.5. The van der Waals surface area contributed by atoms with Gasteiger partial charge in [0.15, 0.2) is 11.6 Å². The SMILES string of the molecule is O=C(CSc1n[nH]c(N/N=C\c2ccc(Cl)cc2)n1)Nc1ccc(F)c(F)c1. The molecule has 0 fully saturated rings. The molecular weight excluding hydrogens is 410 g/mol. The average Bonchev–Trinajstić information content (AvgIpc) is 3.13. The molecule has 144 valence electrons. The molecule has 0 bridgehead atoms. The third-order valence-electron chi connectivity index (χ3n) is 3.25. The number of carbonyl (C=O) groups excluding carboxylic acids is 1. The van der Waals surface area contributed by atoms with E-state index in [-0.39, 0.29) is 11.4 Å². The molecule has 11 heteroatoms. The number of hydrogen-bond acceptors (Lipinski definition) is 6. The van der Waals surface area contributed by atoms with E-state index in [0.29, 0.717) is 16.1 Å². The zero-order valence-electron chi connectivity index (χ0n) is 14.1. The number of hydrazone groups is 1. The molecule has 3 rings (SSSR count). The lowest BCUT2D eigenvalue weighted by molar-refractivity contribution is -0.113. The Labute approximate surface area is 167 Å². The molecule has 0 radical (unpaired) electrons. The van der Waals surface area contributed by atoms with E-state index in [0.717, 1.165) is 29.5 Å². The van der Waals surface area contributed by atoms with Crippen LogP contribution in [0.15, 0.2) is 52.7 Å². The number of rotatable bonds is 7. The van der Waals surface area contributed by atoms with Crippen molar-refractivity contribution in [2.75, 3.05) is 16.5 Å². The Morgan fingerprint density at radius 3 is 2.75 bits per heavy atom. The number of halogens is 3. The molecule has 0 saturated carbocycles. The van der Waals surface area contributed by atoms with Gasteiger partial charge in [-0.2, -0.15) is 10.1 Å². The van der Waals surface area contributed by atoms with Crippen molar-refractivity contribution in [1.82, 2.24) is 15.2 Å². The quantitative estimate of drug-likeness (QED) is 0.305. The summed E-state index contributed by atoms with van der Waals surface area (Å²) in [5, 5.41) is 14.0. The van der Waals surface area contributed by atoms with E-state index in [1.165, 1.54) is 6.07 Å². The number of aromatic nitrogens is 3. The summed E-state index contributed by atoms with van der Waals surface area (Å²) >= 11 is 6.88. The second kappa shape index (κ2) is 9.29. The van der Waals surface area contributed by atoms with Crippen LogP contribution in [-0.2, 0) is 4.79 Å². The van der Waals surface area contributed by atoms with Crippen LogP contribution < -0.4 is 10.7 Å². The number of amides is 1. The van der Waals surface area contributed by atoms with Crippen LogP contribution in [0.1, 0.15) is 5.56 Å². The van der Waals surface area contributed by atoms with Crippen molar-refractivity contribution >= 4 is 47.1 Å². The van der Waals surface area contributed by atoms with Gasteiger partial charge in [-0.3, -0.25) is 4.79 Å². The van der Waals surface area contributed by atoms with Crippen LogP contribution >= 0.6 is 23.4 Å². The van der Waals surface area contributed by atoms with Crippen LogP contribution in [0.25, 0.3) is 0 Å². The van der Waals surface area contributed by atoms with Gasteiger partial charge in [-0.05, 0) is 29.8 Å². The highest BCUT2D eigenvalue weighted by atomic mass is 35.5. The third-order valence-corrected chi connectivity index (χ3v) is 4.35. The Kier molecular flexibility index (Phi) is 6.56. The molecule has 0 aliphatic rings. The lowest BCUT2D eigenvalue weighted by Crippen LogP contribution is -2.14. The Balaban J connectivity index is 1.46. The summed E-state index contributed by atoms with van der Waals surface area (Å²) in [4.78, 5) is 16.0. The van der Waals surface area contributed by atoms with Gasteiger partial charge in [-0.1, -0.05) is 35.5 Å². The Hall–Kier alpha value is -2.98. The van der Waals surface area contributed by atoms with Crippen LogP contribution in [-0.4, -0.2) is 33.1 Å². The number of benzene rings is 2. The largest absolute Gasteiger partial charge is 0.325 e. The number of hydrogen-bond donors (Lipinski definition) is 3. The minimum absolute atomic E-state index is 0.00959. The van der Waals surface area contributed by atoms with Gasteiger partial charge in [-0.25, -0.2) is 19.3 Å². The van der Waals surface area contributed by atoms with E-state index >= 15 is 0 Å². The molecule has 0 aliphatic heterocycles. The molecule has 7 nitrogen and oxygen atoms in total. The van der Waals surface area contributed by atoms with Crippen molar-refractivity contribution in [3.8, 4) is 0 Å². The van der Waals surface area contributed by atoms with Gasteiger partial charge < -0.3 is 5.32 Å². The Morgan fingerprint density at radius 2 is 2.00 bits per heavy atom. The number of anilines is 2. The first-order valence-corrected chi connectivity index (χ1v) is 9.21. The van der Waals surface area contributed by atoms with Gasteiger partial charge in [0.25, 0.3) is 0 Å². The Bertz CT molecular complexity index is 996. The molecule has 0 spiro atoms. The number of nitrogens with zero attached hydrogens (tertiary/aromatic N) is 3. The standard InChI is InChI=1S/C17H13ClF2N6OS/c18-11-3-1-10(2-4-11)8-21-24-16-23-17(26-25-16)28-9-15(27)22-12-5-6-13(19)14(20)7-12/h1-8H,9H2,(H,22,27)(H2,23,24,25,26)/b21-8-. The maximum Gasteiger partial charge on any atom is 0.240 e. The maximum absolute atomic E-state index is 13.1. The van der Waals surface area contributed by atoms with Gasteiger partial charge in [0.1, 0.15) is 0 Å². The number of nitrogens with one attached hydrogen (secondary N) is 3. The maximum atomic E-state index is 13.1. The van der Waals surface area contributed by atoms with Crippen molar-refractivity contribution in [3.05, 3.63) is 64.7 Å². The van der Waals surface area contributed by atoms with E-state index in [2.05, 4.69) is 31.0 Å². The molecule has 28 heavy (non-hydrogen) atoms. The molecule has 0 unspecified atom stereocenters. The molecular formula is C17H13ClF2N6OS. The molecule has 0 saturated heterocycles. The number of H-pyrrole nitrogens is 1. The smallest absolute Gasteiger partial charge is 0.240 e. The second-order valence-corrected chi connectivity index (χ2v) is 6.73. The topological polar surface area (TPSA) is 95.1 Å². The summed E-state index contributed by atoms with van der Waals surface area (Å²) in [7, 11) is 0. The molecule has 3 aromatic rings. The fraction of sp³-hybridized carbons (Fsp3) is 0.0588. The first-order valence-electron chi connectivity index (χ1n) is 7.84. The molecule has 0 atom stereocenters. The summed E-state index contributed by atoms with van der Waals surface area (Å²) in [5.41, 5.74) is 3.70. The van der Waals surface area contributed by atoms with E-state index in [1.54, 1.807) is 30.5 Å². The van der Waals surface area contributed by atoms with Crippen molar-refractivity contribution in [2.24, 2.45) is 5.10 Å². The average molecular weight is 423 g/mol. The molecule has 3 N–H and O–H groups in total. The van der Waals surface area contributed by atoms with Crippen molar-refractivity contribution in [2.45, 2.75) is 5.16 Å². The summed E-state index contributed by atoms with van der Waals surface area (Å²) in [5.74, 6) is -2.13. The predicted octanol–water partition coefficient (Wildman–Crippen LogP) is 3.91. The van der Waals surface area contributed by atoms with Gasteiger partial charge >= 0.3 is 0 Å². The van der Waals surface area contributed by atoms with Crippen LogP contribution in [0.5, 0.6) is 0 Å². The van der Waals surface area contributed by atoms with E-state index in [4.69, 9.17) is 11.6 Å². The normalized spacial score (nSPS) is 11.0. The van der Waals surface area contributed by atoms with Gasteiger partial charge in [0.2, 0.25) is 17.0 Å². The second-order valence-electron chi connectivity index (χ2n) is 5.35. The van der Waals surface area contributed by atoms with E-state index in [9.17, 15) is 13.6 Å². The van der Waals surface area contributed by atoms with E-state index < -0.39 is 17.5 Å². The van der Waals surface area contributed by atoms with Crippen LogP contribution in [0, 0.1) is 11.6 Å². The van der Waals surface area contributed by atoms with Gasteiger partial charge in [0, 0.05) is 16.8 Å².